The van der Waals surface area contributed by atoms with Crippen LogP contribution >= 0.6 is 0 Å². The van der Waals surface area contributed by atoms with Gasteiger partial charge in [-0.1, -0.05) is 24.3 Å². The number of carbonyl (C=O) groups is 1. The molecule has 0 radical (unpaired) electrons. The number of nitriles is 1. The molecule has 2 aromatic rings. The molecule has 0 atom stereocenters. The fourth-order valence-electron chi connectivity index (χ4n) is 1.95. The fraction of sp³-hybridized carbons (Fsp3) is 0.222. The molecule has 23 heavy (non-hydrogen) atoms. The number of amides is 1. The summed E-state index contributed by atoms with van der Waals surface area (Å²) < 4.78 is 11.3. The first-order chi connectivity index (χ1) is 11.2. The molecule has 0 fully saturated rings. The van der Waals surface area contributed by atoms with Crippen LogP contribution in [0.1, 0.15) is 18.9 Å². The average Bonchev–Trinajstić information content (AvgIpc) is 2.56. The highest BCUT2D eigenvalue weighted by atomic mass is 16.5. The maximum atomic E-state index is 11.3. The van der Waals surface area contributed by atoms with Crippen LogP contribution in [0.4, 0.5) is 0 Å². The van der Waals surface area contributed by atoms with Gasteiger partial charge in [0.2, 0.25) is 5.91 Å². The zero-order valence-corrected chi connectivity index (χ0v) is 12.9. The Hall–Kier alpha value is -3.00. The molecule has 2 rings (SSSR count). The lowest BCUT2D eigenvalue weighted by atomic mass is 10.2. The molecule has 0 saturated carbocycles. The molecule has 2 aromatic carbocycles. The van der Waals surface area contributed by atoms with Crippen LogP contribution in [-0.4, -0.2) is 12.5 Å². The van der Waals surface area contributed by atoms with Crippen LogP contribution in [0.3, 0.4) is 0 Å². The number of rotatable bonds is 7. The van der Waals surface area contributed by atoms with E-state index >= 15 is 0 Å². The quantitative estimate of drug-likeness (QED) is 0.850. The molecule has 0 aromatic heterocycles. The Bertz CT molecular complexity index is 690. The second-order valence-electron chi connectivity index (χ2n) is 4.74. The second kappa shape index (κ2) is 8.44. The van der Waals surface area contributed by atoms with E-state index in [4.69, 9.17) is 14.7 Å². The number of hydrogen-bond donors (Lipinski definition) is 1. The van der Waals surface area contributed by atoms with Gasteiger partial charge in [0.1, 0.15) is 12.2 Å². The average molecular weight is 310 g/mol. The second-order valence-corrected chi connectivity index (χ2v) is 4.74. The van der Waals surface area contributed by atoms with Gasteiger partial charge in [-0.05, 0) is 36.8 Å². The highest BCUT2D eigenvalue weighted by molar-refractivity contribution is 5.77. The Kier molecular flexibility index (Phi) is 6.01. The lowest BCUT2D eigenvalue weighted by Crippen LogP contribution is -2.21. The van der Waals surface area contributed by atoms with Crippen LogP contribution in [0.2, 0.25) is 0 Å². The highest BCUT2D eigenvalue weighted by Crippen LogP contribution is 2.31. The summed E-state index contributed by atoms with van der Waals surface area (Å²) in [6.45, 7) is 2.88. The van der Waals surface area contributed by atoms with E-state index in [1.807, 2.05) is 61.5 Å². The van der Waals surface area contributed by atoms with Gasteiger partial charge in [-0.15, -0.1) is 0 Å². The van der Waals surface area contributed by atoms with Crippen LogP contribution in [0.5, 0.6) is 17.2 Å². The molecule has 118 valence electrons. The molecular formula is C18H18N2O3. The molecule has 1 amide bonds. The molecule has 0 bridgehead atoms. The number of ether oxygens (including phenoxy) is 2. The predicted molar refractivity (Wildman–Crippen MR) is 86.2 cm³/mol. The maximum Gasteiger partial charge on any atom is 0.234 e. The van der Waals surface area contributed by atoms with E-state index in [9.17, 15) is 4.79 Å². The zero-order valence-electron chi connectivity index (χ0n) is 12.9. The SMILES string of the molecule is CCOc1ccccc1Oc1ccc(CNC(=O)CC#N)cc1. The third-order valence-electron chi connectivity index (χ3n) is 3.03. The van der Waals surface area contributed by atoms with Gasteiger partial charge in [-0.3, -0.25) is 4.79 Å². The van der Waals surface area contributed by atoms with Crippen molar-refractivity contribution in [2.24, 2.45) is 0 Å². The Morgan fingerprint density at radius 2 is 1.83 bits per heavy atom. The molecule has 0 heterocycles. The number of para-hydroxylation sites is 2. The van der Waals surface area contributed by atoms with Crippen molar-refractivity contribution in [1.82, 2.24) is 5.32 Å². The van der Waals surface area contributed by atoms with Crippen molar-refractivity contribution in [3.63, 3.8) is 0 Å². The number of hydrogen-bond acceptors (Lipinski definition) is 4. The van der Waals surface area contributed by atoms with Gasteiger partial charge in [0, 0.05) is 6.54 Å². The summed E-state index contributed by atoms with van der Waals surface area (Å²) in [7, 11) is 0. The van der Waals surface area contributed by atoms with Crippen molar-refractivity contribution in [3.8, 4) is 23.3 Å². The van der Waals surface area contributed by atoms with Crippen LogP contribution in [0.15, 0.2) is 48.5 Å². The summed E-state index contributed by atoms with van der Waals surface area (Å²) in [6.07, 6.45) is -0.130. The molecule has 0 unspecified atom stereocenters. The summed E-state index contributed by atoms with van der Waals surface area (Å²) in [5, 5.41) is 11.1. The van der Waals surface area contributed by atoms with Crippen LogP contribution in [-0.2, 0) is 11.3 Å². The van der Waals surface area contributed by atoms with E-state index in [1.165, 1.54) is 0 Å². The smallest absolute Gasteiger partial charge is 0.234 e. The van der Waals surface area contributed by atoms with E-state index in [1.54, 1.807) is 0 Å². The van der Waals surface area contributed by atoms with Crippen molar-refractivity contribution in [2.75, 3.05) is 6.61 Å². The van der Waals surface area contributed by atoms with Gasteiger partial charge >= 0.3 is 0 Å². The summed E-state index contributed by atoms with van der Waals surface area (Å²) >= 11 is 0. The molecule has 5 nitrogen and oxygen atoms in total. The molecular weight excluding hydrogens is 292 g/mol. The summed E-state index contributed by atoms with van der Waals surface area (Å²) in [4.78, 5) is 11.3. The van der Waals surface area contributed by atoms with E-state index < -0.39 is 0 Å². The minimum absolute atomic E-state index is 0.130. The zero-order chi connectivity index (χ0) is 16.5. The lowest BCUT2D eigenvalue weighted by molar-refractivity contribution is -0.120. The Labute approximate surface area is 135 Å². The normalized spacial score (nSPS) is 9.74. The monoisotopic (exact) mass is 310 g/mol. The van der Waals surface area contributed by atoms with E-state index in [2.05, 4.69) is 5.32 Å². The van der Waals surface area contributed by atoms with Crippen LogP contribution < -0.4 is 14.8 Å². The van der Waals surface area contributed by atoms with Gasteiger partial charge in [0.25, 0.3) is 0 Å². The van der Waals surface area contributed by atoms with Gasteiger partial charge in [0.05, 0.1) is 12.7 Å². The molecule has 0 aliphatic rings. The van der Waals surface area contributed by atoms with E-state index in [0.717, 1.165) is 5.56 Å². The number of nitrogens with one attached hydrogen (secondary N) is 1. The minimum atomic E-state index is -0.279. The van der Waals surface area contributed by atoms with Gasteiger partial charge in [-0.25, -0.2) is 0 Å². The first-order valence-electron chi connectivity index (χ1n) is 7.35. The van der Waals surface area contributed by atoms with Crippen molar-refractivity contribution in [2.45, 2.75) is 19.9 Å². The van der Waals surface area contributed by atoms with E-state index in [-0.39, 0.29) is 12.3 Å². The lowest BCUT2D eigenvalue weighted by Gasteiger charge is -2.11. The van der Waals surface area contributed by atoms with Crippen molar-refractivity contribution < 1.29 is 14.3 Å². The fourth-order valence-corrected chi connectivity index (χ4v) is 1.95. The summed E-state index contributed by atoms with van der Waals surface area (Å²) in [5.41, 5.74) is 0.932. The van der Waals surface area contributed by atoms with Gasteiger partial charge in [0.15, 0.2) is 11.5 Å². The van der Waals surface area contributed by atoms with Gasteiger partial charge < -0.3 is 14.8 Å². The molecule has 0 spiro atoms. The van der Waals surface area contributed by atoms with E-state index in [0.29, 0.717) is 30.4 Å². The predicted octanol–water partition coefficient (Wildman–Crippen LogP) is 3.41. The minimum Gasteiger partial charge on any atom is -0.490 e. The molecule has 0 aliphatic heterocycles. The summed E-state index contributed by atoms with van der Waals surface area (Å²) in [6, 6.07) is 16.7. The number of benzene rings is 2. The number of carbonyl (C=O) groups excluding carboxylic acids is 1. The third kappa shape index (κ3) is 5.04. The Morgan fingerprint density at radius 3 is 2.48 bits per heavy atom. The van der Waals surface area contributed by atoms with Crippen molar-refractivity contribution in [1.29, 1.82) is 5.26 Å². The van der Waals surface area contributed by atoms with Crippen LogP contribution in [0, 0.1) is 11.3 Å². The number of nitrogens with zero attached hydrogens (tertiary/aromatic N) is 1. The molecule has 1 N–H and O–H groups in total. The highest BCUT2D eigenvalue weighted by Gasteiger charge is 2.05. The Balaban J connectivity index is 1.98. The maximum absolute atomic E-state index is 11.3. The molecule has 5 heteroatoms. The van der Waals surface area contributed by atoms with Gasteiger partial charge in [-0.2, -0.15) is 5.26 Å². The first kappa shape index (κ1) is 16.4. The first-order valence-corrected chi connectivity index (χ1v) is 7.35. The van der Waals surface area contributed by atoms with Crippen LogP contribution in [0.25, 0.3) is 0 Å². The Morgan fingerprint density at radius 1 is 1.13 bits per heavy atom. The standard InChI is InChI=1S/C18H18N2O3/c1-2-22-16-5-3-4-6-17(16)23-15-9-7-14(8-10-15)13-20-18(21)11-12-19/h3-10H,2,11,13H2,1H3,(H,20,21). The largest absolute Gasteiger partial charge is 0.490 e. The third-order valence-corrected chi connectivity index (χ3v) is 3.03. The molecule has 0 saturated heterocycles. The van der Waals surface area contributed by atoms with Crippen molar-refractivity contribution >= 4 is 5.91 Å². The molecule has 0 aliphatic carbocycles. The summed E-state index contributed by atoms with van der Waals surface area (Å²) in [5.74, 6) is 1.76. The van der Waals surface area contributed by atoms with Crippen molar-refractivity contribution in [3.05, 3.63) is 54.1 Å². The topological polar surface area (TPSA) is 71.3 Å².